The smallest absolute Gasteiger partial charge is 0.224 e. The third kappa shape index (κ3) is 4.56. The van der Waals surface area contributed by atoms with Gasteiger partial charge in [-0.25, -0.2) is 0 Å². The summed E-state index contributed by atoms with van der Waals surface area (Å²) in [4.78, 5) is 16.9. The van der Waals surface area contributed by atoms with Crippen molar-refractivity contribution >= 4 is 28.9 Å². The van der Waals surface area contributed by atoms with Crippen molar-refractivity contribution < 1.29 is 4.79 Å². The molecule has 5 heteroatoms. The molecule has 2 aromatic carbocycles. The van der Waals surface area contributed by atoms with Gasteiger partial charge in [-0.3, -0.25) is 4.79 Å². The van der Waals surface area contributed by atoms with Gasteiger partial charge in [0, 0.05) is 55.5 Å². The molecule has 0 aliphatic carbocycles. The Morgan fingerprint density at radius 2 is 1.70 bits per heavy atom. The van der Waals surface area contributed by atoms with Crippen LogP contribution in [0.2, 0.25) is 5.02 Å². The van der Waals surface area contributed by atoms with E-state index < -0.39 is 0 Å². The van der Waals surface area contributed by atoms with Gasteiger partial charge < -0.3 is 15.1 Å². The number of aryl methyl sites for hydroxylation is 1. The van der Waals surface area contributed by atoms with E-state index in [2.05, 4.69) is 42.3 Å². The molecule has 0 unspecified atom stereocenters. The molecule has 0 radical (unpaired) electrons. The van der Waals surface area contributed by atoms with Crippen molar-refractivity contribution in [3.8, 4) is 0 Å². The average Bonchev–Trinajstić information content (AvgIpc) is 2.67. The minimum absolute atomic E-state index is 0.211. The first-order valence-corrected chi connectivity index (χ1v) is 9.93. The van der Waals surface area contributed by atoms with Gasteiger partial charge in [-0.05, 0) is 55.7 Å². The van der Waals surface area contributed by atoms with E-state index in [1.165, 1.54) is 16.8 Å². The Balaban J connectivity index is 1.48. The fourth-order valence-electron chi connectivity index (χ4n) is 3.54. The van der Waals surface area contributed by atoms with Crippen molar-refractivity contribution in [2.45, 2.75) is 27.2 Å². The fraction of sp³-hybridized carbons (Fsp3) is 0.409. The zero-order valence-corrected chi connectivity index (χ0v) is 17.1. The number of hydrogen-bond donors (Lipinski definition) is 1. The number of carbonyl (C=O) groups is 1. The number of piperazine rings is 1. The van der Waals surface area contributed by atoms with Gasteiger partial charge in [-0.2, -0.15) is 0 Å². The number of nitrogens with zero attached hydrogens (tertiary/aromatic N) is 2. The summed E-state index contributed by atoms with van der Waals surface area (Å²) in [5.41, 5.74) is 5.95. The van der Waals surface area contributed by atoms with Gasteiger partial charge in [-0.15, -0.1) is 0 Å². The molecule has 4 nitrogen and oxygen atoms in total. The lowest BCUT2D eigenvalue weighted by molar-refractivity contribution is -0.131. The third-order valence-corrected chi connectivity index (χ3v) is 5.88. The Hall–Kier alpha value is -2.20. The molecule has 1 N–H and O–H groups in total. The molecule has 144 valence electrons. The Bertz CT molecular complexity index is 813. The van der Waals surface area contributed by atoms with E-state index in [-0.39, 0.29) is 5.91 Å². The summed E-state index contributed by atoms with van der Waals surface area (Å²) in [5, 5.41) is 4.07. The van der Waals surface area contributed by atoms with E-state index in [0.717, 1.165) is 42.5 Å². The van der Waals surface area contributed by atoms with E-state index in [1.54, 1.807) is 0 Å². The van der Waals surface area contributed by atoms with Crippen LogP contribution in [0.25, 0.3) is 0 Å². The van der Waals surface area contributed by atoms with Crippen LogP contribution in [0.4, 0.5) is 11.4 Å². The summed E-state index contributed by atoms with van der Waals surface area (Å²) in [5.74, 6) is 0.211. The molecule has 27 heavy (non-hydrogen) atoms. The molecular weight excluding hydrogens is 358 g/mol. The first-order valence-electron chi connectivity index (χ1n) is 9.55. The average molecular weight is 386 g/mol. The van der Waals surface area contributed by atoms with Crippen LogP contribution in [0.5, 0.6) is 0 Å². The maximum atomic E-state index is 12.5. The van der Waals surface area contributed by atoms with Crippen LogP contribution in [0, 0.1) is 20.8 Å². The number of benzene rings is 2. The highest BCUT2D eigenvalue weighted by Crippen LogP contribution is 2.24. The normalized spacial score (nSPS) is 14.4. The standard InChI is InChI=1S/C22H28ClN3O/c1-16-6-4-9-21(17(16)2)25-12-14-26(15-13-25)22(27)10-11-24-20-8-5-7-19(23)18(20)3/h4-9,24H,10-15H2,1-3H3. The highest BCUT2D eigenvalue weighted by molar-refractivity contribution is 6.31. The van der Waals surface area contributed by atoms with Crippen LogP contribution in [-0.4, -0.2) is 43.5 Å². The van der Waals surface area contributed by atoms with Gasteiger partial charge >= 0.3 is 0 Å². The summed E-state index contributed by atoms with van der Waals surface area (Å²) >= 11 is 6.14. The molecule has 0 aromatic heterocycles. The number of carbonyl (C=O) groups excluding carboxylic acids is 1. The van der Waals surface area contributed by atoms with Crippen LogP contribution in [0.15, 0.2) is 36.4 Å². The molecule has 0 atom stereocenters. The van der Waals surface area contributed by atoms with Crippen LogP contribution < -0.4 is 10.2 Å². The molecule has 2 aromatic rings. The Morgan fingerprint density at radius 1 is 1.00 bits per heavy atom. The van der Waals surface area contributed by atoms with E-state index in [9.17, 15) is 4.79 Å². The van der Waals surface area contributed by atoms with E-state index in [4.69, 9.17) is 11.6 Å². The number of anilines is 2. The van der Waals surface area contributed by atoms with E-state index >= 15 is 0 Å². The zero-order chi connectivity index (χ0) is 19.4. The van der Waals surface area contributed by atoms with Gasteiger partial charge in [0.15, 0.2) is 0 Å². The largest absolute Gasteiger partial charge is 0.384 e. The molecule has 1 heterocycles. The molecule has 1 saturated heterocycles. The minimum atomic E-state index is 0.211. The lowest BCUT2D eigenvalue weighted by Crippen LogP contribution is -2.49. The minimum Gasteiger partial charge on any atom is -0.384 e. The molecule has 1 fully saturated rings. The summed E-state index contributed by atoms with van der Waals surface area (Å²) in [6.07, 6.45) is 0.495. The third-order valence-electron chi connectivity index (χ3n) is 5.47. The first kappa shape index (κ1) is 19.6. The van der Waals surface area contributed by atoms with Crippen molar-refractivity contribution in [2.75, 3.05) is 42.9 Å². The van der Waals surface area contributed by atoms with Crippen molar-refractivity contribution in [3.05, 3.63) is 58.1 Å². The number of amides is 1. The van der Waals surface area contributed by atoms with Crippen molar-refractivity contribution in [2.24, 2.45) is 0 Å². The van der Waals surface area contributed by atoms with E-state index in [1.807, 2.05) is 30.0 Å². The molecule has 0 spiro atoms. The Kier molecular flexibility index (Phi) is 6.27. The highest BCUT2D eigenvalue weighted by Gasteiger charge is 2.22. The van der Waals surface area contributed by atoms with Gasteiger partial charge in [0.25, 0.3) is 0 Å². The predicted molar refractivity (Wildman–Crippen MR) is 114 cm³/mol. The van der Waals surface area contributed by atoms with Crippen LogP contribution in [0.1, 0.15) is 23.1 Å². The zero-order valence-electron chi connectivity index (χ0n) is 16.4. The number of nitrogens with one attached hydrogen (secondary N) is 1. The lowest BCUT2D eigenvalue weighted by Gasteiger charge is -2.37. The quantitative estimate of drug-likeness (QED) is 0.827. The molecule has 1 amide bonds. The molecule has 1 aliphatic heterocycles. The maximum Gasteiger partial charge on any atom is 0.224 e. The lowest BCUT2D eigenvalue weighted by atomic mass is 10.1. The molecule has 1 aliphatic rings. The first-order chi connectivity index (χ1) is 13.0. The summed E-state index contributed by atoms with van der Waals surface area (Å²) in [6.45, 7) is 10.3. The fourth-order valence-corrected chi connectivity index (χ4v) is 3.71. The topological polar surface area (TPSA) is 35.6 Å². The second kappa shape index (κ2) is 8.66. The molecule has 3 rings (SSSR count). The van der Waals surface area contributed by atoms with Gasteiger partial charge in [-0.1, -0.05) is 29.8 Å². The highest BCUT2D eigenvalue weighted by atomic mass is 35.5. The molecular formula is C22H28ClN3O. The van der Waals surface area contributed by atoms with Crippen LogP contribution >= 0.6 is 11.6 Å². The number of rotatable bonds is 5. The van der Waals surface area contributed by atoms with Crippen LogP contribution in [-0.2, 0) is 4.79 Å². The van der Waals surface area contributed by atoms with Crippen LogP contribution in [0.3, 0.4) is 0 Å². The van der Waals surface area contributed by atoms with Crippen molar-refractivity contribution in [1.29, 1.82) is 0 Å². The number of hydrogen-bond acceptors (Lipinski definition) is 3. The molecule has 0 saturated carbocycles. The predicted octanol–water partition coefficient (Wildman–Crippen LogP) is 4.42. The van der Waals surface area contributed by atoms with Crippen molar-refractivity contribution in [3.63, 3.8) is 0 Å². The monoisotopic (exact) mass is 385 g/mol. The Labute approximate surface area is 167 Å². The molecule has 0 bridgehead atoms. The van der Waals surface area contributed by atoms with Gasteiger partial charge in [0.2, 0.25) is 5.91 Å². The van der Waals surface area contributed by atoms with Gasteiger partial charge in [0.1, 0.15) is 0 Å². The Morgan fingerprint density at radius 3 is 2.44 bits per heavy atom. The summed E-state index contributed by atoms with van der Waals surface area (Å²) < 4.78 is 0. The SMILES string of the molecule is Cc1cccc(N2CCN(C(=O)CCNc3cccc(Cl)c3C)CC2)c1C. The summed E-state index contributed by atoms with van der Waals surface area (Å²) in [6, 6.07) is 12.2. The maximum absolute atomic E-state index is 12.5. The second-order valence-electron chi connectivity index (χ2n) is 7.18. The van der Waals surface area contributed by atoms with Gasteiger partial charge in [0.05, 0.1) is 0 Å². The summed E-state index contributed by atoms with van der Waals surface area (Å²) in [7, 11) is 0. The van der Waals surface area contributed by atoms with E-state index in [0.29, 0.717) is 13.0 Å². The van der Waals surface area contributed by atoms with Crippen molar-refractivity contribution in [1.82, 2.24) is 4.90 Å². The number of halogens is 1. The second-order valence-corrected chi connectivity index (χ2v) is 7.58.